The first kappa shape index (κ1) is 79.3. The molecule has 1 amide bonds. The summed E-state index contributed by atoms with van der Waals surface area (Å²) in [5, 5.41) is 23.2. The van der Waals surface area contributed by atoms with Crippen LogP contribution in [-0.4, -0.2) is 47.4 Å². The fraction of sp³-hybridized carbons (Fsp3) is 0.920. The smallest absolute Gasteiger partial charge is 0.305 e. The molecule has 0 bridgehead atoms. The molecular weight excluding hydrogens is 995 g/mol. The predicted octanol–water partition coefficient (Wildman–Crippen LogP) is 24.1. The average molecular weight is 1140 g/mol. The predicted molar refractivity (Wildman–Crippen MR) is 356 cm³/mol. The Morgan fingerprint density at radius 1 is 0.333 bits per heavy atom. The normalized spacial score (nSPS) is 12.6. The fourth-order valence-electron chi connectivity index (χ4n) is 11.8. The number of allylic oxidation sites excluding steroid dienone is 3. The summed E-state index contributed by atoms with van der Waals surface area (Å²) in [5.74, 6) is -0.0463. The molecule has 0 aromatic carbocycles. The van der Waals surface area contributed by atoms with Crippen LogP contribution in [0.15, 0.2) is 24.3 Å². The third-order valence-corrected chi connectivity index (χ3v) is 17.5. The monoisotopic (exact) mass is 1140 g/mol. The van der Waals surface area contributed by atoms with Crippen molar-refractivity contribution < 1.29 is 24.5 Å². The summed E-state index contributed by atoms with van der Waals surface area (Å²) < 4.78 is 5.47. The van der Waals surface area contributed by atoms with Crippen molar-refractivity contribution in [3.05, 3.63) is 24.3 Å². The Hall–Kier alpha value is -1.66. The Morgan fingerprint density at radius 3 is 0.914 bits per heavy atom. The Balaban J connectivity index is 3.29. The molecule has 480 valence electrons. The zero-order valence-electron chi connectivity index (χ0n) is 55.0. The van der Waals surface area contributed by atoms with Crippen molar-refractivity contribution in [2.75, 3.05) is 13.2 Å². The second-order valence-electron chi connectivity index (χ2n) is 25.6. The first-order valence-electron chi connectivity index (χ1n) is 37.1. The Bertz CT molecular complexity index is 1270. The maximum Gasteiger partial charge on any atom is 0.305 e. The van der Waals surface area contributed by atoms with Gasteiger partial charge >= 0.3 is 5.97 Å². The second-order valence-corrected chi connectivity index (χ2v) is 25.6. The number of aliphatic hydroxyl groups is 2. The number of unbranched alkanes of at least 4 members (excludes halogenated alkanes) is 57. The summed E-state index contributed by atoms with van der Waals surface area (Å²) in [5.41, 5.74) is 0. The first-order valence-corrected chi connectivity index (χ1v) is 37.1. The van der Waals surface area contributed by atoms with Crippen molar-refractivity contribution in [1.29, 1.82) is 0 Å². The van der Waals surface area contributed by atoms with Gasteiger partial charge in [-0.15, -0.1) is 0 Å². The SMILES string of the molecule is CCCC/C=C\CCCCCCCC(=O)OCCCCCCCCCCCCCCCCCCCCCCCCCCCCCCCCCCCCCCCCCC(=O)NC(CO)C(O)/C=C/CCCCCCCCCCCCCC. The summed E-state index contributed by atoms with van der Waals surface area (Å²) >= 11 is 0. The van der Waals surface area contributed by atoms with E-state index >= 15 is 0 Å². The molecule has 6 heteroatoms. The number of hydrogen-bond donors (Lipinski definition) is 3. The molecule has 0 rings (SSSR count). The van der Waals surface area contributed by atoms with Gasteiger partial charge in [0, 0.05) is 12.8 Å². The third kappa shape index (κ3) is 67.3. The van der Waals surface area contributed by atoms with Gasteiger partial charge in [0.05, 0.1) is 25.4 Å². The van der Waals surface area contributed by atoms with Gasteiger partial charge in [-0.25, -0.2) is 0 Å². The standard InChI is InChI=1S/C75H145NO5/c1-3-5-7-9-11-13-15-16-44-48-51-55-59-63-67-73(78)72(71-77)76-74(79)68-64-60-56-52-49-45-42-40-38-36-34-32-30-28-26-24-22-20-18-17-19-21-23-25-27-29-31-33-35-37-39-41-43-46-50-54-58-62-66-70-81-75(80)69-65-61-57-53-47-14-12-10-8-6-4-2/h10,12,63,67,72-73,77-78H,3-9,11,13-62,64-66,68-71H2,1-2H3,(H,76,79)/b12-10-,67-63+. The van der Waals surface area contributed by atoms with Crippen LogP contribution < -0.4 is 5.32 Å². The summed E-state index contributed by atoms with van der Waals surface area (Å²) in [6, 6.07) is -0.622. The van der Waals surface area contributed by atoms with Gasteiger partial charge in [-0.3, -0.25) is 9.59 Å². The number of carbonyl (C=O) groups is 2. The molecule has 0 radical (unpaired) electrons. The molecule has 0 aromatic rings. The van der Waals surface area contributed by atoms with E-state index in [0.717, 1.165) is 44.9 Å². The van der Waals surface area contributed by atoms with E-state index in [1.165, 1.54) is 347 Å². The number of ether oxygens (including phenoxy) is 1. The maximum atomic E-state index is 12.5. The second kappa shape index (κ2) is 70.8. The van der Waals surface area contributed by atoms with Crippen LogP contribution >= 0.6 is 0 Å². The van der Waals surface area contributed by atoms with Gasteiger partial charge in [-0.05, 0) is 51.4 Å². The summed E-state index contributed by atoms with van der Waals surface area (Å²) in [6.45, 7) is 4.90. The molecule has 2 atom stereocenters. The van der Waals surface area contributed by atoms with Crippen LogP contribution in [0.2, 0.25) is 0 Å². The molecule has 0 heterocycles. The molecule has 0 aromatic heterocycles. The number of aliphatic hydroxyl groups excluding tert-OH is 2. The van der Waals surface area contributed by atoms with E-state index in [1.54, 1.807) is 6.08 Å². The molecule has 0 aliphatic carbocycles. The van der Waals surface area contributed by atoms with E-state index in [-0.39, 0.29) is 18.5 Å². The number of esters is 1. The number of rotatable bonds is 70. The first-order chi connectivity index (χ1) is 40.0. The Kier molecular flexibility index (Phi) is 69.4. The van der Waals surface area contributed by atoms with Crippen LogP contribution in [-0.2, 0) is 14.3 Å². The molecule has 81 heavy (non-hydrogen) atoms. The van der Waals surface area contributed by atoms with Crippen LogP contribution in [0.5, 0.6) is 0 Å². The molecule has 2 unspecified atom stereocenters. The third-order valence-electron chi connectivity index (χ3n) is 17.5. The molecule has 0 fully saturated rings. The maximum absolute atomic E-state index is 12.5. The van der Waals surface area contributed by atoms with E-state index in [9.17, 15) is 19.8 Å². The minimum Gasteiger partial charge on any atom is -0.466 e. The summed E-state index contributed by atoms with van der Waals surface area (Å²) in [4.78, 5) is 24.5. The van der Waals surface area contributed by atoms with E-state index in [0.29, 0.717) is 19.4 Å². The summed E-state index contributed by atoms with van der Waals surface area (Å²) in [6.07, 6.45) is 90.2. The minimum atomic E-state index is -0.839. The van der Waals surface area contributed by atoms with E-state index < -0.39 is 12.1 Å². The Labute approximate surface area is 507 Å². The number of amides is 1. The lowest BCUT2D eigenvalue weighted by Gasteiger charge is -2.20. The molecule has 0 saturated heterocycles. The van der Waals surface area contributed by atoms with Gasteiger partial charge in [0.1, 0.15) is 0 Å². The highest BCUT2D eigenvalue weighted by Crippen LogP contribution is 2.19. The fourth-order valence-corrected chi connectivity index (χ4v) is 11.8. The molecule has 0 aliphatic rings. The quantitative estimate of drug-likeness (QED) is 0.0320. The number of carbonyl (C=O) groups excluding carboxylic acids is 2. The van der Waals surface area contributed by atoms with Gasteiger partial charge in [0.15, 0.2) is 0 Å². The zero-order chi connectivity index (χ0) is 58.5. The zero-order valence-corrected chi connectivity index (χ0v) is 55.0. The molecule has 0 saturated carbocycles. The van der Waals surface area contributed by atoms with E-state index in [1.807, 2.05) is 6.08 Å². The topological polar surface area (TPSA) is 95.9 Å². The van der Waals surface area contributed by atoms with Gasteiger partial charge in [-0.1, -0.05) is 378 Å². The Morgan fingerprint density at radius 2 is 0.593 bits per heavy atom. The molecule has 0 aliphatic heterocycles. The molecule has 6 nitrogen and oxygen atoms in total. The molecule has 0 spiro atoms. The highest BCUT2D eigenvalue weighted by atomic mass is 16.5. The van der Waals surface area contributed by atoms with Crippen LogP contribution in [0.3, 0.4) is 0 Å². The highest BCUT2D eigenvalue weighted by molar-refractivity contribution is 5.76. The van der Waals surface area contributed by atoms with Crippen molar-refractivity contribution in [2.24, 2.45) is 0 Å². The minimum absolute atomic E-state index is 0.0132. The van der Waals surface area contributed by atoms with Crippen LogP contribution in [0.25, 0.3) is 0 Å². The highest BCUT2D eigenvalue weighted by Gasteiger charge is 2.18. The average Bonchev–Trinajstić information content (AvgIpc) is 3.47. The van der Waals surface area contributed by atoms with Crippen molar-refractivity contribution in [1.82, 2.24) is 5.32 Å². The largest absolute Gasteiger partial charge is 0.466 e. The van der Waals surface area contributed by atoms with Crippen molar-refractivity contribution in [2.45, 2.75) is 431 Å². The molecule has 3 N–H and O–H groups in total. The van der Waals surface area contributed by atoms with Gasteiger partial charge in [0.25, 0.3) is 0 Å². The number of hydrogen-bond acceptors (Lipinski definition) is 5. The summed E-state index contributed by atoms with van der Waals surface area (Å²) in [7, 11) is 0. The van der Waals surface area contributed by atoms with Crippen molar-refractivity contribution >= 4 is 11.9 Å². The van der Waals surface area contributed by atoms with Crippen molar-refractivity contribution in [3.63, 3.8) is 0 Å². The van der Waals surface area contributed by atoms with Crippen LogP contribution in [0.4, 0.5) is 0 Å². The van der Waals surface area contributed by atoms with Crippen LogP contribution in [0, 0.1) is 0 Å². The lowest BCUT2D eigenvalue weighted by molar-refractivity contribution is -0.143. The van der Waals surface area contributed by atoms with E-state index in [4.69, 9.17) is 4.74 Å². The van der Waals surface area contributed by atoms with Crippen LogP contribution in [0.1, 0.15) is 418 Å². The molecular formula is C75H145NO5. The lowest BCUT2D eigenvalue weighted by Crippen LogP contribution is -2.45. The van der Waals surface area contributed by atoms with Crippen molar-refractivity contribution in [3.8, 4) is 0 Å². The van der Waals surface area contributed by atoms with Gasteiger partial charge in [0.2, 0.25) is 5.91 Å². The van der Waals surface area contributed by atoms with Gasteiger partial charge < -0.3 is 20.3 Å². The van der Waals surface area contributed by atoms with E-state index in [2.05, 4.69) is 31.3 Å². The lowest BCUT2D eigenvalue weighted by atomic mass is 10.0. The van der Waals surface area contributed by atoms with Gasteiger partial charge in [-0.2, -0.15) is 0 Å². The number of nitrogens with one attached hydrogen (secondary N) is 1.